The lowest BCUT2D eigenvalue weighted by Gasteiger charge is -2.10. The number of aromatic nitrogens is 1. The first-order chi connectivity index (χ1) is 9.31. The van der Waals surface area contributed by atoms with Gasteiger partial charge in [0, 0.05) is 11.1 Å². The van der Waals surface area contributed by atoms with E-state index in [0.717, 1.165) is 18.4 Å². The van der Waals surface area contributed by atoms with E-state index < -0.39 is 0 Å². The molecule has 2 aromatic rings. The fourth-order valence-electron chi connectivity index (χ4n) is 2.81. The summed E-state index contributed by atoms with van der Waals surface area (Å²) in [6.07, 6.45) is 6.20. The summed E-state index contributed by atoms with van der Waals surface area (Å²) < 4.78 is 5.14. The monoisotopic (exact) mass is 255 g/mol. The van der Waals surface area contributed by atoms with Crippen molar-refractivity contribution in [2.75, 3.05) is 6.61 Å². The zero-order valence-electron chi connectivity index (χ0n) is 10.9. The summed E-state index contributed by atoms with van der Waals surface area (Å²) in [7, 11) is 0. The highest BCUT2D eigenvalue weighted by molar-refractivity contribution is 6.04. The Bertz CT molecular complexity index is 639. The van der Waals surface area contributed by atoms with E-state index in [1.807, 2.05) is 12.1 Å². The third-order valence-electron chi connectivity index (χ3n) is 3.69. The van der Waals surface area contributed by atoms with Gasteiger partial charge in [0.25, 0.3) is 0 Å². The molecule has 1 aromatic carbocycles. The van der Waals surface area contributed by atoms with E-state index in [4.69, 9.17) is 4.74 Å². The Balaban J connectivity index is 2.08. The zero-order valence-corrected chi connectivity index (χ0v) is 10.9. The Kier molecular flexibility index (Phi) is 3.11. The molecule has 1 aliphatic carbocycles. The predicted molar refractivity (Wildman–Crippen MR) is 75.4 cm³/mol. The molecule has 1 aromatic heterocycles. The quantitative estimate of drug-likeness (QED) is 0.674. The average Bonchev–Trinajstić information content (AvgIpc) is 2.83. The second-order valence-electron chi connectivity index (χ2n) is 4.90. The van der Waals surface area contributed by atoms with E-state index in [-0.39, 0.29) is 12.6 Å². The molecular weight excluding hydrogens is 238 g/mol. The predicted octanol–water partition coefficient (Wildman–Crippen LogP) is 3.39. The zero-order chi connectivity index (χ0) is 13.2. The molecule has 3 nitrogen and oxygen atoms in total. The molecule has 0 saturated carbocycles. The van der Waals surface area contributed by atoms with Gasteiger partial charge in [-0.1, -0.05) is 24.8 Å². The molecule has 0 atom stereocenters. The van der Waals surface area contributed by atoms with Crippen LogP contribution in [0.5, 0.6) is 0 Å². The Morgan fingerprint density at radius 2 is 2.21 bits per heavy atom. The van der Waals surface area contributed by atoms with Crippen LogP contribution in [0.4, 0.5) is 0 Å². The van der Waals surface area contributed by atoms with E-state index >= 15 is 0 Å². The number of benzene rings is 1. The van der Waals surface area contributed by atoms with E-state index in [1.54, 1.807) is 6.08 Å². The number of hydrogen-bond acceptors (Lipinski definition) is 2. The van der Waals surface area contributed by atoms with Crippen LogP contribution in [0.2, 0.25) is 0 Å². The first-order valence-corrected chi connectivity index (χ1v) is 6.71. The highest BCUT2D eigenvalue weighted by atomic mass is 16.5. The highest BCUT2D eigenvalue weighted by Gasteiger charge is 2.19. The molecule has 1 aliphatic rings. The number of carbonyl (C=O) groups excluding carboxylic acids is 1. The van der Waals surface area contributed by atoms with Gasteiger partial charge in [0.15, 0.2) is 0 Å². The van der Waals surface area contributed by atoms with Crippen LogP contribution in [0.1, 0.15) is 34.5 Å². The van der Waals surface area contributed by atoms with Gasteiger partial charge in [-0.25, -0.2) is 4.79 Å². The minimum Gasteiger partial charge on any atom is -0.458 e. The largest absolute Gasteiger partial charge is 0.458 e. The van der Waals surface area contributed by atoms with E-state index in [1.165, 1.54) is 29.5 Å². The van der Waals surface area contributed by atoms with Gasteiger partial charge in [-0.2, -0.15) is 0 Å². The van der Waals surface area contributed by atoms with Crippen molar-refractivity contribution in [1.82, 2.24) is 4.98 Å². The van der Waals surface area contributed by atoms with Crippen molar-refractivity contribution >= 4 is 16.9 Å². The first-order valence-electron chi connectivity index (χ1n) is 6.71. The van der Waals surface area contributed by atoms with Crippen LogP contribution in [0, 0.1) is 0 Å². The molecule has 0 radical (unpaired) electrons. The molecular formula is C16H17NO2. The SMILES string of the molecule is C=CCOC(=O)c1cccc2c3c([nH]c12)CCCC3. The van der Waals surface area contributed by atoms with Crippen molar-refractivity contribution < 1.29 is 9.53 Å². The number of fused-ring (bicyclic) bond motifs is 3. The number of rotatable bonds is 3. The summed E-state index contributed by atoms with van der Waals surface area (Å²) >= 11 is 0. The molecule has 3 rings (SSSR count). The summed E-state index contributed by atoms with van der Waals surface area (Å²) in [4.78, 5) is 15.5. The first kappa shape index (κ1) is 12.0. The van der Waals surface area contributed by atoms with Gasteiger partial charge in [0.05, 0.1) is 11.1 Å². The Labute approximate surface area is 112 Å². The molecule has 0 unspecified atom stereocenters. The molecule has 3 heteroatoms. The molecule has 0 amide bonds. The van der Waals surface area contributed by atoms with Crippen LogP contribution in [-0.2, 0) is 17.6 Å². The van der Waals surface area contributed by atoms with Crippen LogP contribution in [0.3, 0.4) is 0 Å². The van der Waals surface area contributed by atoms with Crippen molar-refractivity contribution in [2.45, 2.75) is 25.7 Å². The summed E-state index contributed by atoms with van der Waals surface area (Å²) in [6, 6.07) is 5.82. The molecule has 19 heavy (non-hydrogen) atoms. The topological polar surface area (TPSA) is 42.1 Å². The summed E-state index contributed by atoms with van der Waals surface area (Å²) in [6.45, 7) is 3.80. The van der Waals surface area contributed by atoms with Gasteiger partial charge >= 0.3 is 5.97 Å². The normalized spacial score (nSPS) is 14.1. The molecule has 0 aliphatic heterocycles. The maximum atomic E-state index is 12.0. The van der Waals surface area contributed by atoms with Crippen LogP contribution in [0.25, 0.3) is 10.9 Å². The number of carbonyl (C=O) groups is 1. The minimum atomic E-state index is -0.288. The molecule has 0 spiro atoms. The molecule has 0 saturated heterocycles. The third kappa shape index (κ3) is 2.05. The summed E-state index contributed by atoms with van der Waals surface area (Å²) in [5.41, 5.74) is 4.20. The van der Waals surface area contributed by atoms with Crippen molar-refractivity contribution in [2.24, 2.45) is 0 Å². The standard InChI is InChI=1S/C16H17NO2/c1-2-10-19-16(18)13-8-5-7-12-11-6-3-4-9-14(11)17-15(12)13/h2,5,7-8,17H,1,3-4,6,9-10H2. The number of H-pyrrole nitrogens is 1. The smallest absolute Gasteiger partial charge is 0.340 e. The number of ether oxygens (including phenoxy) is 1. The van der Waals surface area contributed by atoms with Gasteiger partial charge in [-0.3, -0.25) is 0 Å². The van der Waals surface area contributed by atoms with Gasteiger partial charge in [0.1, 0.15) is 6.61 Å². The number of aryl methyl sites for hydroxylation is 2. The molecule has 0 bridgehead atoms. The van der Waals surface area contributed by atoms with Gasteiger partial charge in [-0.15, -0.1) is 0 Å². The minimum absolute atomic E-state index is 0.246. The molecule has 0 fully saturated rings. The van der Waals surface area contributed by atoms with E-state index in [9.17, 15) is 4.79 Å². The van der Waals surface area contributed by atoms with Crippen molar-refractivity contribution in [1.29, 1.82) is 0 Å². The fourth-order valence-corrected chi connectivity index (χ4v) is 2.81. The average molecular weight is 255 g/mol. The van der Waals surface area contributed by atoms with Crippen molar-refractivity contribution in [3.05, 3.63) is 47.7 Å². The second-order valence-corrected chi connectivity index (χ2v) is 4.90. The summed E-state index contributed by atoms with van der Waals surface area (Å²) in [5.74, 6) is -0.288. The van der Waals surface area contributed by atoms with E-state index in [2.05, 4.69) is 17.6 Å². The van der Waals surface area contributed by atoms with Crippen LogP contribution in [-0.4, -0.2) is 17.6 Å². The number of hydrogen-bond donors (Lipinski definition) is 1. The van der Waals surface area contributed by atoms with Gasteiger partial charge < -0.3 is 9.72 Å². The van der Waals surface area contributed by atoms with Crippen molar-refractivity contribution in [3.8, 4) is 0 Å². The lowest BCUT2D eigenvalue weighted by atomic mass is 9.95. The molecule has 1 heterocycles. The number of nitrogens with one attached hydrogen (secondary N) is 1. The lowest BCUT2D eigenvalue weighted by Crippen LogP contribution is -2.05. The fraction of sp³-hybridized carbons (Fsp3) is 0.312. The lowest BCUT2D eigenvalue weighted by molar-refractivity contribution is 0.0552. The molecule has 1 N–H and O–H groups in total. The van der Waals surface area contributed by atoms with E-state index in [0.29, 0.717) is 5.56 Å². The maximum Gasteiger partial charge on any atom is 0.340 e. The third-order valence-corrected chi connectivity index (χ3v) is 3.69. The Hall–Kier alpha value is -2.03. The Morgan fingerprint density at radius 1 is 1.37 bits per heavy atom. The van der Waals surface area contributed by atoms with Crippen LogP contribution < -0.4 is 0 Å². The van der Waals surface area contributed by atoms with Crippen LogP contribution >= 0.6 is 0 Å². The summed E-state index contributed by atoms with van der Waals surface area (Å²) in [5, 5.41) is 1.17. The molecule has 98 valence electrons. The maximum absolute atomic E-state index is 12.0. The number of esters is 1. The highest BCUT2D eigenvalue weighted by Crippen LogP contribution is 2.30. The van der Waals surface area contributed by atoms with Gasteiger partial charge in [-0.05, 0) is 37.3 Å². The Morgan fingerprint density at radius 3 is 3.05 bits per heavy atom. The van der Waals surface area contributed by atoms with Gasteiger partial charge in [0.2, 0.25) is 0 Å². The van der Waals surface area contributed by atoms with Crippen LogP contribution in [0.15, 0.2) is 30.9 Å². The van der Waals surface area contributed by atoms with Crippen molar-refractivity contribution in [3.63, 3.8) is 0 Å². The second kappa shape index (κ2) is 4.92. The number of para-hydroxylation sites is 1. The number of aromatic amines is 1.